The molecule has 0 unspecified atom stereocenters. The van der Waals surface area contributed by atoms with Gasteiger partial charge < -0.3 is 14.2 Å². The summed E-state index contributed by atoms with van der Waals surface area (Å²) in [5, 5.41) is 11.4. The van der Waals surface area contributed by atoms with Crippen molar-refractivity contribution in [3.63, 3.8) is 0 Å². The van der Waals surface area contributed by atoms with Crippen LogP contribution in [-0.4, -0.2) is 35.7 Å². The summed E-state index contributed by atoms with van der Waals surface area (Å²) in [6, 6.07) is 13.5. The Labute approximate surface area is 167 Å². The van der Waals surface area contributed by atoms with Crippen LogP contribution in [0.2, 0.25) is 0 Å². The van der Waals surface area contributed by atoms with Crippen molar-refractivity contribution < 1.29 is 14.2 Å². The van der Waals surface area contributed by atoms with E-state index in [1.54, 1.807) is 14.2 Å². The molecular weight excluding hydrogens is 376 g/mol. The molecule has 4 rings (SSSR count). The summed E-state index contributed by atoms with van der Waals surface area (Å²) < 4.78 is 18.3. The van der Waals surface area contributed by atoms with Crippen molar-refractivity contribution in [1.29, 1.82) is 0 Å². The van der Waals surface area contributed by atoms with Gasteiger partial charge in [-0.1, -0.05) is 11.8 Å². The van der Waals surface area contributed by atoms with E-state index in [0.29, 0.717) is 6.61 Å². The molecule has 8 heteroatoms. The molecule has 1 aromatic heterocycles. The Hall–Kier alpha value is -3.13. The van der Waals surface area contributed by atoms with Gasteiger partial charge in [-0.2, -0.15) is 0 Å². The van der Waals surface area contributed by atoms with Crippen molar-refractivity contribution in [2.45, 2.75) is 12.1 Å². The Bertz CT molecular complexity index is 1010. The van der Waals surface area contributed by atoms with Gasteiger partial charge >= 0.3 is 0 Å². The maximum absolute atomic E-state index is 5.52. The Morgan fingerprint density at radius 1 is 1.00 bits per heavy atom. The number of nitrogens with zero attached hydrogens (tertiary/aromatic N) is 3. The lowest BCUT2D eigenvalue weighted by Gasteiger charge is -2.21. The molecule has 0 saturated carbocycles. The molecule has 0 aliphatic carbocycles. The maximum Gasteiger partial charge on any atom is 0.214 e. The van der Waals surface area contributed by atoms with Crippen LogP contribution < -0.4 is 19.6 Å². The van der Waals surface area contributed by atoms with Crippen LogP contribution in [0.25, 0.3) is 17.1 Å². The fourth-order valence-electron chi connectivity index (χ4n) is 2.91. The highest BCUT2D eigenvalue weighted by Gasteiger charge is 2.21. The third-order valence-electron chi connectivity index (χ3n) is 4.27. The molecule has 0 radical (unpaired) electrons. The highest BCUT2D eigenvalue weighted by molar-refractivity contribution is 8.02. The van der Waals surface area contributed by atoms with E-state index in [9.17, 15) is 0 Å². The standard InChI is InChI=1S/C20H20N4O3S/c1-4-27-14-7-5-13(6-8-14)19-21-22-20-24(19)23-17(12-28-20)16-11-15(25-2)9-10-18(16)26-3/h5-12,23H,4H2,1-3H3. The first kappa shape index (κ1) is 18.2. The first-order chi connectivity index (χ1) is 13.7. The van der Waals surface area contributed by atoms with E-state index < -0.39 is 0 Å². The second-order valence-corrected chi connectivity index (χ2v) is 6.76. The van der Waals surface area contributed by atoms with Crippen LogP contribution in [-0.2, 0) is 0 Å². The number of hydrogen-bond donors (Lipinski definition) is 1. The molecule has 2 aromatic carbocycles. The monoisotopic (exact) mass is 396 g/mol. The second kappa shape index (κ2) is 7.85. The highest BCUT2D eigenvalue weighted by Crippen LogP contribution is 2.36. The third-order valence-corrected chi connectivity index (χ3v) is 5.10. The van der Waals surface area contributed by atoms with Crippen LogP contribution in [0.15, 0.2) is 53.0 Å². The predicted molar refractivity (Wildman–Crippen MR) is 109 cm³/mol. The summed E-state index contributed by atoms with van der Waals surface area (Å²) in [5.41, 5.74) is 6.10. The summed E-state index contributed by atoms with van der Waals surface area (Å²) >= 11 is 1.49. The Morgan fingerprint density at radius 2 is 1.79 bits per heavy atom. The summed E-state index contributed by atoms with van der Waals surface area (Å²) in [6.07, 6.45) is 0. The molecule has 1 aliphatic heterocycles. The molecule has 28 heavy (non-hydrogen) atoms. The summed E-state index contributed by atoms with van der Waals surface area (Å²) in [4.78, 5) is 0. The summed E-state index contributed by atoms with van der Waals surface area (Å²) in [7, 11) is 3.29. The number of methoxy groups -OCH3 is 2. The van der Waals surface area contributed by atoms with Crippen LogP contribution in [0, 0.1) is 0 Å². The van der Waals surface area contributed by atoms with Crippen LogP contribution in [0.5, 0.6) is 17.2 Å². The van der Waals surface area contributed by atoms with E-state index in [4.69, 9.17) is 14.2 Å². The van der Waals surface area contributed by atoms with E-state index in [-0.39, 0.29) is 0 Å². The molecule has 144 valence electrons. The number of hydrogen-bond acceptors (Lipinski definition) is 7. The first-order valence-corrected chi connectivity index (χ1v) is 9.66. The zero-order valence-corrected chi connectivity index (χ0v) is 16.6. The average Bonchev–Trinajstić information content (AvgIpc) is 3.17. The largest absolute Gasteiger partial charge is 0.497 e. The SMILES string of the molecule is CCOc1ccc(-c2nnc3n2NC(c2cc(OC)ccc2OC)=CS3)cc1. The minimum absolute atomic E-state index is 0.633. The van der Waals surface area contributed by atoms with Crippen LogP contribution in [0.3, 0.4) is 0 Å². The lowest BCUT2D eigenvalue weighted by molar-refractivity contribution is 0.340. The fraction of sp³-hybridized carbons (Fsp3) is 0.200. The number of aromatic nitrogens is 3. The molecule has 1 N–H and O–H groups in total. The number of nitrogens with one attached hydrogen (secondary N) is 1. The van der Waals surface area contributed by atoms with Crippen molar-refractivity contribution in [1.82, 2.24) is 14.9 Å². The third kappa shape index (κ3) is 3.38. The Morgan fingerprint density at radius 3 is 2.50 bits per heavy atom. The van der Waals surface area contributed by atoms with E-state index in [1.165, 1.54) is 11.8 Å². The van der Waals surface area contributed by atoms with E-state index >= 15 is 0 Å². The normalized spacial score (nSPS) is 12.6. The minimum Gasteiger partial charge on any atom is -0.497 e. The fourth-order valence-corrected chi connectivity index (χ4v) is 3.64. The van der Waals surface area contributed by atoms with E-state index in [0.717, 1.165) is 45.1 Å². The van der Waals surface area contributed by atoms with Gasteiger partial charge in [0, 0.05) is 16.5 Å². The van der Waals surface area contributed by atoms with Crippen molar-refractivity contribution in [3.8, 4) is 28.6 Å². The number of rotatable bonds is 6. The molecule has 1 aliphatic rings. The van der Waals surface area contributed by atoms with E-state index in [1.807, 2.05) is 59.5 Å². The molecule has 0 spiro atoms. The average molecular weight is 396 g/mol. The predicted octanol–water partition coefficient (Wildman–Crippen LogP) is 4.01. The van der Waals surface area contributed by atoms with Gasteiger partial charge in [0.15, 0.2) is 5.82 Å². The van der Waals surface area contributed by atoms with Gasteiger partial charge in [-0.25, -0.2) is 4.68 Å². The van der Waals surface area contributed by atoms with Gasteiger partial charge in [0.1, 0.15) is 17.2 Å². The van der Waals surface area contributed by atoms with Crippen LogP contribution >= 0.6 is 11.8 Å². The van der Waals surface area contributed by atoms with Gasteiger partial charge in [0.2, 0.25) is 5.16 Å². The molecule has 2 heterocycles. The second-order valence-electron chi connectivity index (χ2n) is 5.93. The molecule has 3 aromatic rings. The van der Waals surface area contributed by atoms with Gasteiger partial charge in [-0.05, 0) is 49.4 Å². The molecule has 7 nitrogen and oxygen atoms in total. The quantitative estimate of drug-likeness (QED) is 0.675. The first-order valence-electron chi connectivity index (χ1n) is 8.78. The van der Waals surface area contributed by atoms with Crippen LogP contribution in [0.1, 0.15) is 12.5 Å². The van der Waals surface area contributed by atoms with Gasteiger partial charge in [0.05, 0.1) is 26.5 Å². The zero-order valence-electron chi connectivity index (χ0n) is 15.8. The molecule has 0 amide bonds. The van der Waals surface area contributed by atoms with Gasteiger partial charge in [-0.3, -0.25) is 5.43 Å². The Balaban J connectivity index is 1.67. The lowest BCUT2D eigenvalue weighted by Crippen LogP contribution is -2.18. The molecule has 0 fully saturated rings. The summed E-state index contributed by atoms with van der Waals surface area (Å²) in [5.74, 6) is 3.05. The lowest BCUT2D eigenvalue weighted by atomic mass is 10.1. The van der Waals surface area contributed by atoms with Crippen molar-refractivity contribution in [3.05, 3.63) is 53.4 Å². The number of ether oxygens (including phenoxy) is 3. The zero-order chi connectivity index (χ0) is 19.5. The molecular formula is C20H20N4O3S. The van der Waals surface area contributed by atoms with Crippen molar-refractivity contribution >= 4 is 17.5 Å². The topological polar surface area (TPSA) is 70.4 Å². The number of benzene rings is 2. The minimum atomic E-state index is 0.633. The smallest absolute Gasteiger partial charge is 0.214 e. The number of fused-ring (bicyclic) bond motifs is 1. The molecule has 0 bridgehead atoms. The highest BCUT2D eigenvalue weighted by atomic mass is 32.2. The van der Waals surface area contributed by atoms with Gasteiger partial charge in [0.25, 0.3) is 0 Å². The molecule has 0 saturated heterocycles. The van der Waals surface area contributed by atoms with Crippen molar-refractivity contribution in [2.75, 3.05) is 26.3 Å². The van der Waals surface area contributed by atoms with Gasteiger partial charge in [-0.15, -0.1) is 10.2 Å². The van der Waals surface area contributed by atoms with E-state index in [2.05, 4.69) is 15.6 Å². The van der Waals surface area contributed by atoms with Crippen LogP contribution in [0.4, 0.5) is 0 Å². The number of thioether (sulfide) groups is 1. The maximum atomic E-state index is 5.52. The summed E-state index contributed by atoms with van der Waals surface area (Å²) in [6.45, 7) is 2.60. The molecule has 0 atom stereocenters. The van der Waals surface area contributed by atoms with Crippen molar-refractivity contribution in [2.24, 2.45) is 0 Å². The Kier molecular flexibility index (Phi) is 5.12.